The molecule has 0 aromatic carbocycles. The summed E-state index contributed by atoms with van der Waals surface area (Å²) in [5, 5.41) is 22.7. The van der Waals surface area contributed by atoms with Gasteiger partial charge < -0.3 is 10.5 Å². The third kappa shape index (κ3) is 3.51. The molecule has 88 valence electrons. The van der Waals surface area contributed by atoms with Gasteiger partial charge in [0.25, 0.3) is 0 Å². The lowest BCUT2D eigenvalue weighted by atomic mass is 9.98. The highest BCUT2D eigenvalue weighted by Crippen LogP contribution is 2.12. The zero-order valence-electron chi connectivity index (χ0n) is 9.31. The molecule has 16 heavy (non-hydrogen) atoms. The molecule has 0 aromatic rings. The van der Waals surface area contributed by atoms with Crippen LogP contribution < -0.4 is 5.32 Å². The van der Waals surface area contributed by atoms with Crippen LogP contribution in [0.3, 0.4) is 0 Å². The summed E-state index contributed by atoms with van der Waals surface area (Å²) in [5.74, 6) is 0.0284. The molecular formula is C10H16N4O2. The second-order valence-electron chi connectivity index (χ2n) is 3.91. The summed E-state index contributed by atoms with van der Waals surface area (Å²) in [6.45, 7) is 3.73. The monoisotopic (exact) mass is 224 g/mol. The van der Waals surface area contributed by atoms with Gasteiger partial charge in [0, 0.05) is 25.4 Å². The lowest BCUT2D eigenvalue weighted by molar-refractivity contribution is -0.122. The lowest BCUT2D eigenvalue weighted by Crippen LogP contribution is -2.45. The minimum Gasteiger partial charge on any atom is -0.411 e. The highest BCUT2D eigenvalue weighted by molar-refractivity contribution is 5.87. The SMILES string of the molecule is CC1CN(CC(=O)NCC#N)CCC1=NO. The van der Waals surface area contributed by atoms with Crippen molar-refractivity contribution in [2.75, 3.05) is 26.2 Å². The maximum Gasteiger partial charge on any atom is 0.235 e. The van der Waals surface area contributed by atoms with Gasteiger partial charge in [0.05, 0.1) is 18.3 Å². The van der Waals surface area contributed by atoms with Crippen molar-refractivity contribution < 1.29 is 10.0 Å². The predicted molar refractivity (Wildman–Crippen MR) is 58.1 cm³/mol. The van der Waals surface area contributed by atoms with E-state index in [9.17, 15) is 4.79 Å². The number of nitriles is 1. The van der Waals surface area contributed by atoms with Crippen molar-refractivity contribution in [3.8, 4) is 6.07 Å². The Balaban J connectivity index is 2.36. The highest BCUT2D eigenvalue weighted by Gasteiger charge is 2.23. The van der Waals surface area contributed by atoms with Gasteiger partial charge in [-0.2, -0.15) is 5.26 Å². The Bertz CT molecular complexity index is 321. The second kappa shape index (κ2) is 6.08. The van der Waals surface area contributed by atoms with E-state index in [4.69, 9.17) is 10.5 Å². The van der Waals surface area contributed by atoms with Crippen molar-refractivity contribution in [1.82, 2.24) is 10.2 Å². The summed E-state index contributed by atoms with van der Waals surface area (Å²) >= 11 is 0. The molecule has 1 amide bonds. The first-order chi connectivity index (χ1) is 7.67. The van der Waals surface area contributed by atoms with Crippen molar-refractivity contribution >= 4 is 11.6 Å². The summed E-state index contributed by atoms with van der Waals surface area (Å²) < 4.78 is 0. The fourth-order valence-corrected chi connectivity index (χ4v) is 1.79. The first-order valence-electron chi connectivity index (χ1n) is 5.24. The maximum absolute atomic E-state index is 11.3. The Labute approximate surface area is 94.5 Å². The number of piperidine rings is 1. The Morgan fingerprint density at radius 3 is 3.12 bits per heavy atom. The van der Waals surface area contributed by atoms with Gasteiger partial charge in [0.15, 0.2) is 0 Å². The first-order valence-corrected chi connectivity index (χ1v) is 5.24. The average molecular weight is 224 g/mol. The molecule has 0 bridgehead atoms. The first kappa shape index (κ1) is 12.5. The topological polar surface area (TPSA) is 88.7 Å². The molecule has 1 heterocycles. The van der Waals surface area contributed by atoms with Crippen LogP contribution in [0.5, 0.6) is 0 Å². The van der Waals surface area contributed by atoms with Crippen molar-refractivity contribution in [3.05, 3.63) is 0 Å². The molecule has 2 N–H and O–H groups in total. The molecule has 1 aliphatic heterocycles. The number of hydrogen-bond donors (Lipinski definition) is 2. The summed E-state index contributed by atoms with van der Waals surface area (Å²) in [6, 6.07) is 1.86. The molecule has 6 heteroatoms. The Morgan fingerprint density at radius 2 is 2.56 bits per heavy atom. The fraction of sp³-hybridized carbons (Fsp3) is 0.700. The third-order valence-corrected chi connectivity index (χ3v) is 2.65. The average Bonchev–Trinajstić information content (AvgIpc) is 2.26. The summed E-state index contributed by atoms with van der Waals surface area (Å²) in [7, 11) is 0. The summed E-state index contributed by atoms with van der Waals surface area (Å²) in [4.78, 5) is 13.3. The molecular weight excluding hydrogens is 208 g/mol. The fourth-order valence-electron chi connectivity index (χ4n) is 1.79. The molecule has 6 nitrogen and oxygen atoms in total. The molecule has 1 unspecified atom stereocenters. The van der Waals surface area contributed by atoms with E-state index < -0.39 is 0 Å². The maximum atomic E-state index is 11.3. The van der Waals surface area contributed by atoms with Crippen LogP contribution in [0.15, 0.2) is 5.16 Å². The van der Waals surface area contributed by atoms with Crippen LogP contribution in [0.2, 0.25) is 0 Å². The molecule has 1 aliphatic rings. The summed E-state index contributed by atoms with van der Waals surface area (Å²) in [5.41, 5.74) is 0.786. The molecule has 0 saturated carbocycles. The molecule has 0 aliphatic carbocycles. The molecule has 1 rings (SSSR count). The van der Waals surface area contributed by atoms with Gasteiger partial charge >= 0.3 is 0 Å². The van der Waals surface area contributed by atoms with E-state index in [1.807, 2.05) is 17.9 Å². The Kier molecular flexibility index (Phi) is 4.73. The molecule has 0 radical (unpaired) electrons. The van der Waals surface area contributed by atoms with Gasteiger partial charge in [-0.05, 0) is 0 Å². The zero-order chi connectivity index (χ0) is 12.0. The largest absolute Gasteiger partial charge is 0.411 e. The third-order valence-electron chi connectivity index (χ3n) is 2.65. The second-order valence-corrected chi connectivity index (χ2v) is 3.91. The van der Waals surface area contributed by atoms with Gasteiger partial charge in [0.2, 0.25) is 5.91 Å². The quantitative estimate of drug-likeness (QED) is 0.394. The van der Waals surface area contributed by atoms with Gasteiger partial charge in [-0.3, -0.25) is 9.69 Å². The lowest BCUT2D eigenvalue weighted by Gasteiger charge is -2.30. The number of oxime groups is 1. The van der Waals surface area contributed by atoms with Crippen LogP contribution in [-0.4, -0.2) is 47.9 Å². The van der Waals surface area contributed by atoms with E-state index in [0.29, 0.717) is 26.1 Å². The van der Waals surface area contributed by atoms with Crippen molar-refractivity contribution in [3.63, 3.8) is 0 Å². The number of nitrogens with zero attached hydrogens (tertiary/aromatic N) is 3. The van der Waals surface area contributed by atoms with Crippen LogP contribution in [0.4, 0.5) is 0 Å². The van der Waals surface area contributed by atoms with Gasteiger partial charge in [-0.1, -0.05) is 12.1 Å². The van der Waals surface area contributed by atoms with Crippen LogP contribution in [-0.2, 0) is 4.79 Å². The standard InChI is InChI=1S/C10H16N4O2/c1-8-6-14(5-2-9(8)13-16)7-10(15)12-4-3-11/h8,16H,2,4-7H2,1H3,(H,12,15). The number of rotatable bonds is 3. The van der Waals surface area contributed by atoms with E-state index in [2.05, 4.69) is 10.5 Å². The van der Waals surface area contributed by atoms with Gasteiger partial charge in [-0.25, -0.2) is 0 Å². The van der Waals surface area contributed by atoms with Gasteiger partial charge in [-0.15, -0.1) is 0 Å². The van der Waals surface area contributed by atoms with Crippen LogP contribution in [0.1, 0.15) is 13.3 Å². The molecule has 0 aromatic heterocycles. The predicted octanol–water partition coefficient (Wildman–Crippen LogP) is -0.202. The zero-order valence-corrected chi connectivity index (χ0v) is 9.31. The molecule has 1 saturated heterocycles. The number of hydrogen-bond acceptors (Lipinski definition) is 5. The van der Waals surface area contributed by atoms with E-state index in [1.54, 1.807) is 0 Å². The van der Waals surface area contributed by atoms with E-state index in [0.717, 1.165) is 5.71 Å². The van der Waals surface area contributed by atoms with E-state index in [-0.39, 0.29) is 18.4 Å². The number of carbonyl (C=O) groups is 1. The van der Waals surface area contributed by atoms with Crippen molar-refractivity contribution in [2.24, 2.45) is 11.1 Å². The highest BCUT2D eigenvalue weighted by atomic mass is 16.4. The van der Waals surface area contributed by atoms with Crippen LogP contribution in [0, 0.1) is 17.2 Å². The van der Waals surface area contributed by atoms with Crippen molar-refractivity contribution in [2.45, 2.75) is 13.3 Å². The van der Waals surface area contributed by atoms with Crippen molar-refractivity contribution in [1.29, 1.82) is 5.26 Å². The van der Waals surface area contributed by atoms with Gasteiger partial charge in [0.1, 0.15) is 6.54 Å². The number of likely N-dealkylation sites (tertiary alicyclic amines) is 1. The van der Waals surface area contributed by atoms with Crippen LogP contribution in [0.25, 0.3) is 0 Å². The van der Waals surface area contributed by atoms with E-state index >= 15 is 0 Å². The smallest absolute Gasteiger partial charge is 0.235 e. The molecule has 1 fully saturated rings. The number of amides is 1. The van der Waals surface area contributed by atoms with E-state index in [1.165, 1.54) is 0 Å². The molecule has 1 atom stereocenters. The minimum absolute atomic E-state index is 0.0472. The normalized spacial score (nSPS) is 24.0. The van der Waals surface area contributed by atoms with Crippen LogP contribution >= 0.6 is 0 Å². The number of nitrogens with one attached hydrogen (secondary N) is 1. The minimum atomic E-state index is -0.141. The molecule has 0 spiro atoms. The Hall–Kier alpha value is -1.61. The summed E-state index contributed by atoms with van der Waals surface area (Å²) in [6.07, 6.45) is 0.684. The Morgan fingerprint density at radius 1 is 1.81 bits per heavy atom. The number of carbonyl (C=O) groups excluding carboxylic acids is 1.